The van der Waals surface area contributed by atoms with Crippen LogP contribution in [0.15, 0.2) is 5.16 Å². The summed E-state index contributed by atoms with van der Waals surface area (Å²) in [5.74, 6) is -0.781. The third kappa shape index (κ3) is 7.69. The van der Waals surface area contributed by atoms with E-state index in [9.17, 15) is 9.59 Å². The molecule has 0 rings (SSSR count). The van der Waals surface area contributed by atoms with Crippen molar-refractivity contribution in [1.29, 1.82) is 0 Å². The van der Waals surface area contributed by atoms with Crippen LogP contribution in [0.5, 0.6) is 0 Å². The van der Waals surface area contributed by atoms with E-state index in [4.69, 9.17) is 27.6 Å². The lowest BCUT2D eigenvalue weighted by Gasteiger charge is -2.09. The maximum absolute atomic E-state index is 11.2. The molecule has 18 heavy (non-hydrogen) atoms. The minimum Gasteiger partial charge on any atom is -0.480 e. The first-order chi connectivity index (χ1) is 8.51. The Balaban J connectivity index is 3.91. The Bertz CT molecular complexity index is 311. The number of alkyl halides is 1. The Morgan fingerprint density at radius 1 is 1.44 bits per heavy atom. The van der Waals surface area contributed by atoms with E-state index in [0.29, 0.717) is 6.42 Å². The third-order valence-corrected chi connectivity index (χ3v) is 2.19. The Morgan fingerprint density at radius 3 is 2.61 bits per heavy atom. The number of amides is 2. The Hall–Kier alpha value is -1.54. The van der Waals surface area contributed by atoms with Gasteiger partial charge in [0.05, 0.1) is 0 Å². The highest BCUT2D eigenvalue weighted by molar-refractivity contribution is 6.18. The van der Waals surface area contributed by atoms with Gasteiger partial charge in [-0.1, -0.05) is 5.16 Å². The fourth-order valence-corrected chi connectivity index (χ4v) is 1.18. The molecule has 0 aromatic rings. The number of oxime groups is 1. The molecule has 2 amide bonds. The number of carbonyl (C=O) groups excluding carboxylic acids is 1. The van der Waals surface area contributed by atoms with Gasteiger partial charge < -0.3 is 21.4 Å². The molecule has 0 saturated carbocycles. The number of halogens is 1. The number of hydrogen-bond acceptors (Lipinski definition) is 5. The van der Waals surface area contributed by atoms with Crippen LogP contribution in [0.1, 0.15) is 19.3 Å². The number of amidine groups is 1. The minimum absolute atomic E-state index is 0.0414. The zero-order chi connectivity index (χ0) is 14.0. The van der Waals surface area contributed by atoms with Gasteiger partial charge in [-0.3, -0.25) is 10.1 Å². The van der Waals surface area contributed by atoms with Gasteiger partial charge in [-0.15, -0.1) is 11.6 Å². The monoisotopic (exact) mass is 280 g/mol. The van der Waals surface area contributed by atoms with Crippen molar-refractivity contribution in [3.8, 4) is 0 Å². The Kier molecular flexibility index (Phi) is 8.67. The van der Waals surface area contributed by atoms with Crippen LogP contribution in [0.4, 0.5) is 4.79 Å². The number of nitrogens with two attached hydrogens (primary N) is 1. The van der Waals surface area contributed by atoms with E-state index in [1.54, 1.807) is 0 Å². The number of aliphatic carboxylic acids is 1. The van der Waals surface area contributed by atoms with E-state index in [2.05, 4.69) is 15.8 Å². The molecule has 1 atom stereocenters. The van der Waals surface area contributed by atoms with E-state index in [1.807, 2.05) is 0 Å². The predicted molar refractivity (Wildman–Crippen MR) is 65.9 cm³/mol. The molecule has 0 fully saturated rings. The molecule has 0 aromatic heterocycles. The van der Waals surface area contributed by atoms with Crippen LogP contribution in [0.2, 0.25) is 0 Å². The largest absolute Gasteiger partial charge is 0.480 e. The van der Waals surface area contributed by atoms with Crippen molar-refractivity contribution in [2.45, 2.75) is 25.3 Å². The summed E-state index contributed by atoms with van der Waals surface area (Å²) >= 11 is 5.37. The molecule has 0 aromatic carbocycles. The standard InChI is InChI=1S/C9H17ClN4O4/c10-4-5-12-9(17)13-7(14-18)3-1-2-6(11)8(15)16/h6,18H,1-5,11H2,(H,15,16)(H2,12,13,14,17)/t6-/m0/s1. The second kappa shape index (κ2) is 9.49. The normalized spacial score (nSPS) is 12.9. The van der Waals surface area contributed by atoms with Crippen molar-refractivity contribution in [1.82, 2.24) is 10.6 Å². The highest BCUT2D eigenvalue weighted by Crippen LogP contribution is 2.00. The molecule has 6 N–H and O–H groups in total. The van der Waals surface area contributed by atoms with Crippen molar-refractivity contribution in [2.24, 2.45) is 10.9 Å². The lowest BCUT2D eigenvalue weighted by atomic mass is 10.1. The summed E-state index contributed by atoms with van der Waals surface area (Å²) < 4.78 is 0. The number of hydrogen-bond donors (Lipinski definition) is 5. The van der Waals surface area contributed by atoms with Crippen molar-refractivity contribution < 1.29 is 19.9 Å². The molecular weight excluding hydrogens is 264 g/mol. The number of nitrogens with one attached hydrogen (secondary N) is 2. The van der Waals surface area contributed by atoms with E-state index in [-0.39, 0.29) is 31.1 Å². The number of carboxylic acid groups (broad SMARTS) is 1. The molecule has 0 radical (unpaired) electrons. The molecule has 0 heterocycles. The number of nitrogens with zero attached hydrogens (tertiary/aromatic N) is 1. The Morgan fingerprint density at radius 2 is 2.11 bits per heavy atom. The van der Waals surface area contributed by atoms with Gasteiger partial charge in [-0.2, -0.15) is 0 Å². The number of carboxylic acids is 1. The first-order valence-corrected chi connectivity index (χ1v) is 5.84. The summed E-state index contributed by atoms with van der Waals surface area (Å²) in [7, 11) is 0. The predicted octanol–water partition coefficient (Wildman–Crippen LogP) is -0.106. The fraction of sp³-hybridized carbons (Fsp3) is 0.667. The van der Waals surface area contributed by atoms with Crippen LogP contribution in [0.3, 0.4) is 0 Å². The number of rotatable bonds is 7. The molecule has 0 spiro atoms. The molecule has 0 saturated heterocycles. The molecule has 9 heteroatoms. The van der Waals surface area contributed by atoms with Gasteiger partial charge in [0.2, 0.25) is 0 Å². The molecule has 0 bridgehead atoms. The SMILES string of the molecule is N[C@@H](CCCC(=NO)NC(=O)NCCCl)C(=O)O. The second-order valence-electron chi connectivity index (χ2n) is 3.45. The Labute approximate surface area is 109 Å². The number of carbonyl (C=O) groups is 2. The summed E-state index contributed by atoms with van der Waals surface area (Å²) in [5, 5.41) is 24.8. The van der Waals surface area contributed by atoms with Crippen LogP contribution in [-0.4, -0.2) is 46.6 Å². The molecule has 0 aliphatic heterocycles. The van der Waals surface area contributed by atoms with Gasteiger partial charge in [0.15, 0.2) is 0 Å². The summed E-state index contributed by atoms with van der Waals surface area (Å²) in [6, 6.07) is -1.50. The van der Waals surface area contributed by atoms with Crippen molar-refractivity contribution >= 4 is 29.4 Å². The average Bonchev–Trinajstić information content (AvgIpc) is 2.34. The topological polar surface area (TPSA) is 137 Å². The van der Waals surface area contributed by atoms with Gasteiger partial charge >= 0.3 is 12.0 Å². The van der Waals surface area contributed by atoms with Crippen molar-refractivity contribution in [3.05, 3.63) is 0 Å². The highest BCUT2D eigenvalue weighted by atomic mass is 35.5. The van der Waals surface area contributed by atoms with Crippen LogP contribution in [-0.2, 0) is 4.79 Å². The summed E-state index contributed by atoms with van der Waals surface area (Å²) in [6.07, 6.45) is 0.813. The smallest absolute Gasteiger partial charge is 0.320 e. The highest BCUT2D eigenvalue weighted by Gasteiger charge is 2.12. The minimum atomic E-state index is -1.09. The van der Waals surface area contributed by atoms with Gasteiger partial charge in [0.1, 0.15) is 11.9 Å². The van der Waals surface area contributed by atoms with Crippen LogP contribution >= 0.6 is 11.6 Å². The van der Waals surface area contributed by atoms with E-state index in [1.165, 1.54) is 0 Å². The van der Waals surface area contributed by atoms with Gasteiger partial charge in [0.25, 0.3) is 0 Å². The van der Waals surface area contributed by atoms with Gasteiger partial charge in [0, 0.05) is 18.8 Å². The van der Waals surface area contributed by atoms with E-state index in [0.717, 1.165) is 0 Å². The summed E-state index contributed by atoms with van der Waals surface area (Å²) in [4.78, 5) is 21.6. The van der Waals surface area contributed by atoms with Gasteiger partial charge in [-0.25, -0.2) is 4.79 Å². The maximum Gasteiger partial charge on any atom is 0.320 e. The van der Waals surface area contributed by atoms with Crippen LogP contribution in [0, 0.1) is 0 Å². The van der Waals surface area contributed by atoms with E-state index >= 15 is 0 Å². The number of urea groups is 1. The lowest BCUT2D eigenvalue weighted by molar-refractivity contribution is -0.138. The summed E-state index contributed by atoms with van der Waals surface area (Å²) in [5.41, 5.74) is 5.29. The molecule has 0 aliphatic rings. The molecule has 0 aliphatic carbocycles. The first-order valence-electron chi connectivity index (χ1n) is 5.31. The van der Waals surface area contributed by atoms with Gasteiger partial charge in [-0.05, 0) is 12.8 Å². The lowest BCUT2D eigenvalue weighted by Crippen LogP contribution is -2.40. The third-order valence-electron chi connectivity index (χ3n) is 2.00. The quantitative estimate of drug-likeness (QED) is 0.146. The molecule has 104 valence electrons. The molecular formula is C9H17ClN4O4. The maximum atomic E-state index is 11.2. The van der Waals surface area contributed by atoms with Crippen molar-refractivity contribution in [3.63, 3.8) is 0 Å². The summed E-state index contributed by atoms with van der Waals surface area (Å²) in [6.45, 7) is 0.288. The molecule has 8 nitrogen and oxygen atoms in total. The van der Waals surface area contributed by atoms with Crippen LogP contribution < -0.4 is 16.4 Å². The second-order valence-corrected chi connectivity index (χ2v) is 3.83. The molecule has 0 unspecified atom stereocenters. The first kappa shape index (κ1) is 16.5. The zero-order valence-electron chi connectivity index (χ0n) is 9.73. The van der Waals surface area contributed by atoms with Crippen molar-refractivity contribution in [2.75, 3.05) is 12.4 Å². The van der Waals surface area contributed by atoms with E-state index < -0.39 is 18.0 Å². The fourth-order valence-electron chi connectivity index (χ4n) is 1.09. The zero-order valence-corrected chi connectivity index (χ0v) is 10.5. The average molecular weight is 281 g/mol. The van der Waals surface area contributed by atoms with Crippen LogP contribution in [0.25, 0.3) is 0 Å².